The maximum atomic E-state index is 5.81. The minimum Gasteiger partial charge on any atom is -0.355 e. The SMILES string of the molecule is CCc1csc(NC(C)(CN)C(C)C)n1. The largest absolute Gasteiger partial charge is 0.355 e. The van der Waals surface area contributed by atoms with E-state index in [1.807, 2.05) is 0 Å². The van der Waals surface area contributed by atoms with Gasteiger partial charge in [0.05, 0.1) is 11.2 Å². The lowest BCUT2D eigenvalue weighted by Gasteiger charge is -2.33. The maximum Gasteiger partial charge on any atom is 0.183 e. The molecule has 86 valence electrons. The van der Waals surface area contributed by atoms with Gasteiger partial charge in [0, 0.05) is 11.9 Å². The quantitative estimate of drug-likeness (QED) is 0.812. The molecule has 0 aliphatic carbocycles. The highest BCUT2D eigenvalue weighted by molar-refractivity contribution is 7.13. The number of nitrogens with one attached hydrogen (secondary N) is 1. The smallest absolute Gasteiger partial charge is 0.183 e. The second kappa shape index (κ2) is 4.94. The fraction of sp³-hybridized carbons (Fsp3) is 0.727. The number of nitrogens with two attached hydrogens (primary N) is 1. The molecule has 1 aromatic heterocycles. The van der Waals surface area contributed by atoms with E-state index in [2.05, 4.69) is 43.4 Å². The maximum absolute atomic E-state index is 5.81. The number of thiazole rings is 1. The number of rotatable bonds is 5. The fourth-order valence-electron chi connectivity index (χ4n) is 1.20. The summed E-state index contributed by atoms with van der Waals surface area (Å²) in [6.45, 7) is 9.22. The molecule has 0 saturated carbocycles. The molecule has 0 amide bonds. The van der Waals surface area contributed by atoms with Crippen LogP contribution in [-0.2, 0) is 6.42 Å². The van der Waals surface area contributed by atoms with Crippen molar-refractivity contribution < 1.29 is 0 Å². The third-order valence-electron chi connectivity index (χ3n) is 3.00. The molecule has 15 heavy (non-hydrogen) atoms. The number of hydrogen-bond donors (Lipinski definition) is 2. The topological polar surface area (TPSA) is 50.9 Å². The zero-order valence-corrected chi connectivity index (χ0v) is 10.8. The normalized spacial score (nSPS) is 15.3. The van der Waals surface area contributed by atoms with Crippen LogP contribution in [0.5, 0.6) is 0 Å². The minimum atomic E-state index is -0.0666. The number of aryl methyl sites for hydroxylation is 1. The Balaban J connectivity index is 2.74. The standard InChI is InChI=1S/C11H21N3S/c1-5-9-6-15-10(13-9)14-11(4,7-12)8(2)3/h6,8H,5,7,12H2,1-4H3,(H,13,14). The van der Waals surface area contributed by atoms with Gasteiger partial charge in [-0.15, -0.1) is 11.3 Å². The summed E-state index contributed by atoms with van der Waals surface area (Å²) in [6, 6.07) is 0. The Bertz CT molecular complexity index is 309. The van der Waals surface area contributed by atoms with Crippen LogP contribution in [-0.4, -0.2) is 17.1 Å². The van der Waals surface area contributed by atoms with Crippen LogP contribution < -0.4 is 11.1 Å². The molecule has 0 fully saturated rings. The molecule has 0 spiro atoms. The summed E-state index contributed by atoms with van der Waals surface area (Å²) in [5.41, 5.74) is 6.89. The third-order valence-corrected chi connectivity index (χ3v) is 3.81. The van der Waals surface area contributed by atoms with Gasteiger partial charge < -0.3 is 11.1 Å². The molecule has 1 heterocycles. The van der Waals surface area contributed by atoms with Gasteiger partial charge in [-0.3, -0.25) is 0 Å². The third kappa shape index (κ3) is 2.92. The molecule has 3 nitrogen and oxygen atoms in total. The lowest BCUT2D eigenvalue weighted by Crippen LogP contribution is -2.47. The average Bonchev–Trinajstić information content (AvgIpc) is 2.65. The monoisotopic (exact) mass is 227 g/mol. The van der Waals surface area contributed by atoms with Gasteiger partial charge in [0.2, 0.25) is 0 Å². The van der Waals surface area contributed by atoms with E-state index in [0.717, 1.165) is 17.2 Å². The first-order valence-corrected chi connectivity index (χ1v) is 6.32. The van der Waals surface area contributed by atoms with Crippen LogP contribution in [0.2, 0.25) is 0 Å². The van der Waals surface area contributed by atoms with Crippen molar-refractivity contribution in [2.24, 2.45) is 11.7 Å². The van der Waals surface area contributed by atoms with Gasteiger partial charge in [-0.25, -0.2) is 4.98 Å². The number of anilines is 1. The van der Waals surface area contributed by atoms with E-state index in [1.165, 1.54) is 0 Å². The zero-order valence-electron chi connectivity index (χ0n) is 10.0. The van der Waals surface area contributed by atoms with Crippen LogP contribution in [0.3, 0.4) is 0 Å². The molecular weight excluding hydrogens is 206 g/mol. The predicted molar refractivity (Wildman–Crippen MR) is 67.4 cm³/mol. The molecule has 0 aliphatic rings. The molecule has 4 heteroatoms. The molecule has 0 aliphatic heterocycles. The molecular formula is C11H21N3S. The average molecular weight is 227 g/mol. The summed E-state index contributed by atoms with van der Waals surface area (Å²) in [4.78, 5) is 4.50. The van der Waals surface area contributed by atoms with Crippen molar-refractivity contribution in [1.29, 1.82) is 0 Å². The van der Waals surface area contributed by atoms with Crippen molar-refractivity contribution >= 4 is 16.5 Å². The molecule has 3 N–H and O–H groups in total. The Morgan fingerprint density at radius 1 is 1.60 bits per heavy atom. The molecule has 0 saturated heterocycles. The van der Waals surface area contributed by atoms with E-state index >= 15 is 0 Å². The van der Waals surface area contributed by atoms with Gasteiger partial charge in [0.15, 0.2) is 5.13 Å². The first kappa shape index (κ1) is 12.5. The molecule has 1 rings (SSSR count). The van der Waals surface area contributed by atoms with Crippen molar-refractivity contribution in [3.05, 3.63) is 11.1 Å². The summed E-state index contributed by atoms with van der Waals surface area (Å²) < 4.78 is 0. The van der Waals surface area contributed by atoms with Crippen molar-refractivity contribution in [2.75, 3.05) is 11.9 Å². The summed E-state index contributed by atoms with van der Waals surface area (Å²) in [5, 5.41) is 6.52. The van der Waals surface area contributed by atoms with Crippen LogP contribution >= 0.6 is 11.3 Å². The minimum absolute atomic E-state index is 0.0666. The van der Waals surface area contributed by atoms with E-state index in [9.17, 15) is 0 Å². The Labute approximate surface area is 96.1 Å². The fourth-order valence-corrected chi connectivity index (χ4v) is 2.13. The summed E-state index contributed by atoms with van der Waals surface area (Å²) in [5.74, 6) is 0.483. The second-order valence-corrected chi connectivity index (χ2v) is 5.26. The summed E-state index contributed by atoms with van der Waals surface area (Å²) in [7, 11) is 0. The van der Waals surface area contributed by atoms with Gasteiger partial charge in [-0.2, -0.15) is 0 Å². The predicted octanol–water partition coefficient (Wildman–Crippen LogP) is 2.49. The number of hydrogen-bond acceptors (Lipinski definition) is 4. The molecule has 1 atom stereocenters. The Morgan fingerprint density at radius 2 is 2.27 bits per heavy atom. The van der Waals surface area contributed by atoms with Gasteiger partial charge in [0.25, 0.3) is 0 Å². The highest BCUT2D eigenvalue weighted by Gasteiger charge is 2.27. The molecule has 1 aromatic rings. The van der Waals surface area contributed by atoms with E-state index in [-0.39, 0.29) is 5.54 Å². The van der Waals surface area contributed by atoms with E-state index in [0.29, 0.717) is 12.5 Å². The van der Waals surface area contributed by atoms with Gasteiger partial charge >= 0.3 is 0 Å². The van der Waals surface area contributed by atoms with Crippen LogP contribution in [0.25, 0.3) is 0 Å². The number of nitrogens with zero attached hydrogens (tertiary/aromatic N) is 1. The van der Waals surface area contributed by atoms with Gasteiger partial charge in [-0.1, -0.05) is 20.8 Å². The Kier molecular flexibility index (Phi) is 4.11. The van der Waals surface area contributed by atoms with Crippen LogP contribution in [0.15, 0.2) is 5.38 Å². The van der Waals surface area contributed by atoms with E-state index < -0.39 is 0 Å². The van der Waals surface area contributed by atoms with Crippen LogP contribution in [0, 0.1) is 5.92 Å². The van der Waals surface area contributed by atoms with Gasteiger partial charge in [0.1, 0.15) is 0 Å². The first-order valence-electron chi connectivity index (χ1n) is 5.44. The molecule has 0 bridgehead atoms. The summed E-state index contributed by atoms with van der Waals surface area (Å²) >= 11 is 1.66. The summed E-state index contributed by atoms with van der Waals surface area (Å²) in [6.07, 6.45) is 0.985. The zero-order chi connectivity index (χ0) is 11.5. The Morgan fingerprint density at radius 3 is 2.67 bits per heavy atom. The molecule has 0 radical (unpaired) electrons. The second-order valence-electron chi connectivity index (χ2n) is 4.40. The lowest BCUT2D eigenvalue weighted by atomic mass is 9.89. The van der Waals surface area contributed by atoms with Crippen LogP contribution in [0.1, 0.15) is 33.4 Å². The highest BCUT2D eigenvalue weighted by atomic mass is 32.1. The van der Waals surface area contributed by atoms with Crippen LogP contribution in [0.4, 0.5) is 5.13 Å². The van der Waals surface area contributed by atoms with Crippen molar-refractivity contribution in [3.63, 3.8) is 0 Å². The number of aromatic nitrogens is 1. The molecule has 0 aromatic carbocycles. The Hall–Kier alpha value is -0.610. The first-order chi connectivity index (χ1) is 7.01. The van der Waals surface area contributed by atoms with Crippen molar-refractivity contribution in [3.8, 4) is 0 Å². The van der Waals surface area contributed by atoms with E-state index in [4.69, 9.17) is 5.73 Å². The van der Waals surface area contributed by atoms with Crippen molar-refractivity contribution in [1.82, 2.24) is 4.98 Å². The lowest BCUT2D eigenvalue weighted by molar-refractivity contribution is 0.382. The molecule has 1 unspecified atom stereocenters. The highest BCUT2D eigenvalue weighted by Crippen LogP contribution is 2.24. The van der Waals surface area contributed by atoms with Gasteiger partial charge in [-0.05, 0) is 19.3 Å². The van der Waals surface area contributed by atoms with E-state index in [1.54, 1.807) is 11.3 Å². The van der Waals surface area contributed by atoms with Crippen molar-refractivity contribution in [2.45, 2.75) is 39.7 Å².